The van der Waals surface area contributed by atoms with Crippen molar-refractivity contribution in [3.05, 3.63) is 157 Å². The number of H-pyrrole nitrogens is 2. The monoisotopic (exact) mass is 1450 g/mol. The van der Waals surface area contributed by atoms with Crippen LogP contribution in [0.2, 0.25) is 0 Å². The minimum atomic E-state index is -0.938. The van der Waals surface area contributed by atoms with E-state index in [2.05, 4.69) is 50.8 Å². The fourth-order valence-corrected chi connectivity index (χ4v) is 10.8. The first-order valence-corrected chi connectivity index (χ1v) is 34.4. The number of carboxylic acid groups (broad SMARTS) is 2. The number of carbonyl (C=O) groups is 5. The molecule has 0 spiro atoms. The number of halogens is 1. The number of aromatic amines is 2. The Balaban J connectivity index is 0.000000195. The fraction of sp³-hybridized carbons (Fsp3) is 0.408. The average Bonchev–Trinajstić information content (AvgIpc) is 1.69. The van der Waals surface area contributed by atoms with Gasteiger partial charge >= 0.3 is 17.9 Å². The minimum absolute atomic E-state index is 0.00832. The standard InChI is InChI=1S/C25H29N3O4.C24H27N3O4.C18H21N3O3.C7H11BrO2.C2H4O2/c1-25(2,24(29)30-3)16-32-20-7-4-17(5-8-20)21-9-6-19(14-26-21)23-27-15-22(28-23)18-10-12-31-13-11-18;1-24(2,23(28)29)15-31-19-6-3-16(4-7-19)20-8-5-18(13-25-20)22-26-14-21(27-22)17-9-11-30-12-10-17;1-18(2,17(22)23-3)11-24-14-7-4-12(5-8-14)15-9-6-13(10-21-15)16(19)20;8-5-7(9)6-1-3-10-4-2-6;1-2(3)4/h4-9,14-15,18H,10-13,16H2,1-3H3,(H,27,28);3-8,13-14,17H,9-12,15H2,1-2H3,(H,26,27)(H,28,29);4-10H,11H2,1-3H3,(H3,19,20);6H,1-5H2;1H3,(H,3,4). The molecular weight excluding hydrogens is 1360 g/mol. The van der Waals surface area contributed by atoms with E-state index >= 15 is 0 Å². The van der Waals surface area contributed by atoms with Gasteiger partial charge in [-0.1, -0.05) is 15.9 Å². The van der Waals surface area contributed by atoms with Crippen molar-refractivity contribution in [2.75, 3.05) is 79.0 Å². The molecule has 3 aliphatic heterocycles. The molecule has 3 aliphatic rings. The van der Waals surface area contributed by atoms with E-state index in [1.165, 1.54) is 19.9 Å². The van der Waals surface area contributed by atoms with Gasteiger partial charge in [-0.15, -0.1) is 0 Å². The van der Waals surface area contributed by atoms with E-state index in [9.17, 15) is 24.3 Å². The first-order valence-electron chi connectivity index (χ1n) is 33.2. The number of nitrogens with one attached hydrogen (secondary N) is 3. The molecule has 0 bridgehead atoms. The molecule has 7 N–H and O–H groups in total. The van der Waals surface area contributed by atoms with Crippen molar-refractivity contribution in [2.45, 2.75) is 98.8 Å². The number of carboxylic acids is 2. The third kappa shape index (κ3) is 24.3. The Morgan fingerprint density at radius 2 is 0.822 bits per heavy atom. The summed E-state index contributed by atoms with van der Waals surface area (Å²) in [7, 11) is 2.75. The number of imidazole rings is 2. The van der Waals surface area contributed by atoms with Gasteiger partial charge in [0.2, 0.25) is 0 Å². The molecule has 0 aliphatic carbocycles. The molecule has 101 heavy (non-hydrogen) atoms. The molecule has 538 valence electrons. The van der Waals surface area contributed by atoms with E-state index in [-0.39, 0.29) is 43.5 Å². The number of carbonyl (C=O) groups excluding carboxylic acids is 3. The van der Waals surface area contributed by atoms with Crippen molar-refractivity contribution >= 4 is 51.4 Å². The molecule has 8 aromatic rings. The van der Waals surface area contributed by atoms with Gasteiger partial charge in [0.05, 0.1) is 52.9 Å². The Labute approximate surface area is 597 Å². The molecule has 3 fully saturated rings. The lowest BCUT2D eigenvalue weighted by atomic mass is 9.95. The van der Waals surface area contributed by atoms with Gasteiger partial charge in [-0.25, -0.2) is 9.97 Å². The molecule has 3 aromatic carbocycles. The molecule has 0 unspecified atom stereocenters. The number of nitrogens with zero attached hydrogens (tertiary/aromatic N) is 5. The lowest BCUT2D eigenvalue weighted by Gasteiger charge is -2.21. The second-order valence-corrected chi connectivity index (χ2v) is 26.8. The van der Waals surface area contributed by atoms with Crippen LogP contribution in [0.4, 0.5) is 0 Å². The Kier molecular flexibility index (Phi) is 29.7. The molecule has 25 heteroatoms. The number of hydrogen-bond acceptors (Lipinski definition) is 19. The largest absolute Gasteiger partial charge is 0.492 e. The molecule has 11 rings (SSSR count). The molecule has 24 nitrogen and oxygen atoms in total. The fourth-order valence-electron chi connectivity index (χ4n) is 10.3. The van der Waals surface area contributed by atoms with Crippen molar-refractivity contribution in [3.63, 3.8) is 0 Å². The number of alkyl halides is 1. The lowest BCUT2D eigenvalue weighted by molar-refractivity contribution is -0.153. The van der Waals surface area contributed by atoms with Crippen LogP contribution in [-0.2, 0) is 47.7 Å². The summed E-state index contributed by atoms with van der Waals surface area (Å²) in [5.74, 6) is 2.85. The summed E-state index contributed by atoms with van der Waals surface area (Å²) in [6.45, 7) is 16.8. The van der Waals surface area contributed by atoms with Gasteiger partial charge in [-0.05, 0) is 189 Å². The van der Waals surface area contributed by atoms with Gasteiger partial charge < -0.3 is 63.8 Å². The second-order valence-electron chi connectivity index (χ2n) is 26.2. The van der Waals surface area contributed by atoms with Crippen LogP contribution in [-0.4, -0.2) is 160 Å². The Hall–Kier alpha value is -9.69. The highest BCUT2D eigenvalue weighted by atomic mass is 79.9. The van der Waals surface area contributed by atoms with Gasteiger partial charge in [0.15, 0.2) is 0 Å². The second kappa shape index (κ2) is 38.2. The lowest BCUT2D eigenvalue weighted by Crippen LogP contribution is -2.32. The van der Waals surface area contributed by atoms with E-state index in [0.717, 1.165) is 147 Å². The number of esters is 2. The van der Waals surface area contributed by atoms with Crippen molar-refractivity contribution in [1.29, 1.82) is 5.41 Å². The number of nitrogen functional groups attached to an aromatic ring is 1. The van der Waals surface area contributed by atoms with Crippen molar-refractivity contribution in [1.82, 2.24) is 34.9 Å². The van der Waals surface area contributed by atoms with E-state index in [1.54, 1.807) is 53.8 Å². The van der Waals surface area contributed by atoms with Crippen LogP contribution in [0.1, 0.15) is 116 Å². The summed E-state index contributed by atoms with van der Waals surface area (Å²) in [5, 5.41) is 24.5. The Bertz CT molecular complexity index is 3920. The van der Waals surface area contributed by atoms with E-state index in [4.69, 9.17) is 58.9 Å². The molecule has 3 saturated heterocycles. The van der Waals surface area contributed by atoms with Crippen molar-refractivity contribution in [3.8, 4) is 73.8 Å². The maximum absolute atomic E-state index is 11.8. The van der Waals surface area contributed by atoms with Crippen LogP contribution in [0.3, 0.4) is 0 Å². The number of rotatable bonds is 22. The van der Waals surface area contributed by atoms with Crippen LogP contribution in [0.5, 0.6) is 17.2 Å². The number of aliphatic carboxylic acids is 2. The van der Waals surface area contributed by atoms with Crippen LogP contribution < -0.4 is 19.9 Å². The number of benzene rings is 3. The molecule has 0 atom stereocenters. The van der Waals surface area contributed by atoms with Crippen LogP contribution in [0.15, 0.2) is 140 Å². The number of nitrogens with two attached hydrogens (primary N) is 1. The third-order valence-corrected chi connectivity index (χ3v) is 17.3. The van der Waals surface area contributed by atoms with E-state index < -0.39 is 28.2 Å². The number of methoxy groups -OCH3 is 2. The number of Topliss-reactive ketones (excluding diaryl/α,β-unsaturated/α-hetero) is 1. The van der Waals surface area contributed by atoms with Crippen molar-refractivity contribution < 1.29 is 72.1 Å². The molecule has 0 saturated carbocycles. The maximum atomic E-state index is 11.8. The summed E-state index contributed by atoms with van der Waals surface area (Å²) in [4.78, 5) is 84.1. The maximum Gasteiger partial charge on any atom is 0.314 e. The highest BCUT2D eigenvalue weighted by Crippen LogP contribution is 2.32. The van der Waals surface area contributed by atoms with Gasteiger partial charge in [0.25, 0.3) is 5.97 Å². The van der Waals surface area contributed by atoms with Crippen molar-refractivity contribution in [2.24, 2.45) is 27.9 Å². The first-order chi connectivity index (χ1) is 48.3. The SMILES string of the molecule is CC(=O)O.CC(C)(COc1ccc(-c2ccc(-c3ncc(C4CCOCC4)[nH]3)cn2)cc1)C(=O)O.COC(=O)C(C)(C)COc1ccc(-c2ccc(-c3ncc(C4CCOCC4)[nH]3)cn2)cc1.COC(=O)C(C)(C)COc1ccc(-c2ccc(C(=N)N)cn2)cc1.O=C(CBr)C1CCOCC1. The zero-order chi connectivity index (χ0) is 73.1. The smallest absolute Gasteiger partial charge is 0.314 e. The van der Waals surface area contributed by atoms with Gasteiger partial charge in [0.1, 0.15) is 60.3 Å². The molecular formula is C76H92BrN9O15. The molecule has 8 heterocycles. The molecule has 0 amide bonds. The predicted octanol–water partition coefficient (Wildman–Crippen LogP) is 13.2. The number of ether oxygens (including phenoxy) is 8. The molecule has 5 aromatic heterocycles. The highest BCUT2D eigenvalue weighted by Gasteiger charge is 2.32. The number of amidine groups is 1. The van der Waals surface area contributed by atoms with Gasteiger partial charge in [0, 0.05) is 140 Å². The van der Waals surface area contributed by atoms with Crippen LogP contribution in [0, 0.1) is 27.6 Å². The topological polar surface area (TPSA) is 346 Å². The Morgan fingerprint density at radius 1 is 0.495 bits per heavy atom. The summed E-state index contributed by atoms with van der Waals surface area (Å²) in [5.41, 5.74) is 13.2. The first kappa shape index (κ1) is 78.6. The third-order valence-electron chi connectivity index (χ3n) is 16.8. The summed E-state index contributed by atoms with van der Waals surface area (Å²) < 4.78 is 42.7. The van der Waals surface area contributed by atoms with Gasteiger partial charge in [-0.2, -0.15) is 0 Å². The number of pyridine rings is 3. The van der Waals surface area contributed by atoms with E-state index in [0.29, 0.717) is 45.8 Å². The number of aromatic nitrogens is 7. The van der Waals surface area contributed by atoms with E-state index in [1.807, 2.05) is 128 Å². The quantitative estimate of drug-likeness (QED) is 0.0159. The minimum Gasteiger partial charge on any atom is -0.492 e. The zero-order valence-corrected chi connectivity index (χ0v) is 60.3. The molecule has 0 radical (unpaired) electrons. The normalized spacial score (nSPS) is 14.2. The Morgan fingerprint density at radius 3 is 1.12 bits per heavy atom. The summed E-state index contributed by atoms with van der Waals surface area (Å²) >= 11 is 3.16. The average molecular weight is 1450 g/mol. The summed E-state index contributed by atoms with van der Waals surface area (Å²) in [6, 6.07) is 34.1. The highest BCUT2D eigenvalue weighted by molar-refractivity contribution is 9.09. The summed E-state index contributed by atoms with van der Waals surface area (Å²) in [6.07, 6.45) is 15.0. The van der Waals surface area contributed by atoms with Crippen LogP contribution >= 0.6 is 15.9 Å². The zero-order valence-electron chi connectivity index (χ0n) is 58.7. The van der Waals surface area contributed by atoms with Crippen LogP contribution in [0.25, 0.3) is 56.5 Å². The number of hydrogen-bond donors (Lipinski definition) is 6. The van der Waals surface area contributed by atoms with Gasteiger partial charge in [-0.3, -0.25) is 44.3 Å². The number of ketones is 1. The predicted molar refractivity (Wildman–Crippen MR) is 386 cm³/mol.